The smallest absolute Gasteiger partial charge is 0.249 e. The number of hydrogen-bond acceptors (Lipinski definition) is 2. The van der Waals surface area contributed by atoms with Gasteiger partial charge < -0.3 is 15.2 Å². The predicted octanol–water partition coefficient (Wildman–Crippen LogP) is 5.98. The zero-order valence-electron chi connectivity index (χ0n) is 20.4. The Morgan fingerprint density at radius 1 is 1.14 bits per heavy atom. The molecular weight excluding hydrogens is 477 g/mol. The molecule has 2 amide bonds. The number of amides is 2. The van der Waals surface area contributed by atoms with Gasteiger partial charge in [-0.2, -0.15) is 0 Å². The number of nitrogens with one attached hydrogen (secondary N) is 2. The molecule has 3 aliphatic rings. The molecule has 2 bridgehead atoms. The van der Waals surface area contributed by atoms with Gasteiger partial charge >= 0.3 is 0 Å². The molecule has 0 spiro atoms. The third kappa shape index (κ3) is 5.34. The summed E-state index contributed by atoms with van der Waals surface area (Å²) in [5, 5.41) is 4.79. The molecule has 5 nitrogen and oxygen atoms in total. The number of halogens is 2. The van der Waals surface area contributed by atoms with E-state index in [1.165, 1.54) is 6.08 Å². The molecule has 2 aliphatic carbocycles. The molecule has 1 aliphatic heterocycles. The fourth-order valence-electron chi connectivity index (χ4n) is 5.59. The maximum absolute atomic E-state index is 14.6. The largest absolute Gasteiger partial charge is 0.358 e. The average molecular weight is 508 g/mol. The van der Waals surface area contributed by atoms with E-state index in [1.807, 2.05) is 30.3 Å². The Morgan fingerprint density at radius 3 is 2.78 bits per heavy atom. The Labute approximate surface area is 215 Å². The SMILES string of the molecule is CN(C(=O)[C@@H]1CC2=CC(F)=CC(CCCc3[nH]c4ccccc4c3CC(=O)N1)C2)C1=CC=C(Cl)CC1. The van der Waals surface area contributed by atoms with Gasteiger partial charge in [-0.1, -0.05) is 35.4 Å². The topological polar surface area (TPSA) is 65.2 Å². The molecule has 0 radical (unpaired) electrons. The number of benzene rings is 1. The number of hydrogen-bond donors (Lipinski definition) is 2. The fourth-order valence-corrected chi connectivity index (χ4v) is 5.74. The maximum Gasteiger partial charge on any atom is 0.249 e. The highest BCUT2D eigenvalue weighted by Crippen LogP contribution is 2.32. The highest BCUT2D eigenvalue weighted by atomic mass is 35.5. The minimum absolute atomic E-state index is 0.0797. The van der Waals surface area contributed by atoms with Gasteiger partial charge in [0.1, 0.15) is 11.9 Å². The van der Waals surface area contributed by atoms with Crippen LogP contribution >= 0.6 is 11.6 Å². The second-order valence-electron chi connectivity index (χ2n) is 10.0. The van der Waals surface area contributed by atoms with Crippen molar-refractivity contribution in [3.63, 3.8) is 0 Å². The normalized spacial score (nSPS) is 23.0. The Morgan fingerprint density at radius 2 is 1.97 bits per heavy atom. The van der Waals surface area contributed by atoms with Gasteiger partial charge in [0.25, 0.3) is 0 Å². The number of aromatic nitrogens is 1. The van der Waals surface area contributed by atoms with E-state index >= 15 is 0 Å². The summed E-state index contributed by atoms with van der Waals surface area (Å²) in [4.78, 5) is 32.1. The van der Waals surface area contributed by atoms with E-state index < -0.39 is 6.04 Å². The molecule has 0 saturated carbocycles. The molecule has 5 rings (SSSR count). The van der Waals surface area contributed by atoms with E-state index in [2.05, 4.69) is 10.3 Å². The molecule has 2 heterocycles. The number of nitrogens with zero attached hydrogens (tertiary/aromatic N) is 1. The van der Waals surface area contributed by atoms with Crippen LogP contribution < -0.4 is 5.32 Å². The lowest BCUT2D eigenvalue weighted by atomic mass is 9.86. The van der Waals surface area contributed by atoms with E-state index in [1.54, 1.807) is 24.1 Å². The highest BCUT2D eigenvalue weighted by Gasteiger charge is 2.30. The number of allylic oxidation sites excluding steroid dienone is 7. The molecule has 0 saturated heterocycles. The van der Waals surface area contributed by atoms with Crippen LogP contribution in [0.25, 0.3) is 10.9 Å². The van der Waals surface area contributed by atoms with E-state index in [0.29, 0.717) is 19.3 Å². The molecule has 1 aromatic carbocycles. The van der Waals surface area contributed by atoms with Gasteiger partial charge in [0, 0.05) is 34.4 Å². The molecule has 7 heteroatoms. The quantitative estimate of drug-likeness (QED) is 0.525. The second-order valence-corrected chi connectivity index (χ2v) is 10.5. The number of carbonyl (C=O) groups excluding carboxylic acids is 2. The van der Waals surface area contributed by atoms with Crippen molar-refractivity contribution in [2.45, 2.75) is 57.4 Å². The number of likely N-dealkylation sites (N-methyl/N-ethyl adjacent to an activating group) is 1. The molecule has 188 valence electrons. The first-order chi connectivity index (χ1) is 17.4. The first-order valence-corrected chi connectivity index (χ1v) is 13.0. The zero-order chi connectivity index (χ0) is 25.2. The Kier molecular flexibility index (Phi) is 7.15. The summed E-state index contributed by atoms with van der Waals surface area (Å²) in [7, 11) is 1.73. The fraction of sp³-hybridized carbons (Fsp3) is 0.379. The molecule has 0 fully saturated rings. The van der Waals surface area contributed by atoms with E-state index in [-0.39, 0.29) is 36.4 Å². The van der Waals surface area contributed by atoms with Crippen molar-refractivity contribution in [2.75, 3.05) is 7.05 Å². The number of H-pyrrole nitrogens is 1. The standard InChI is InChI=1S/C29H31ClFN3O2/c1-34(22-11-9-20(30)10-12-22)29(36)27-16-19-13-18(14-21(31)15-19)5-4-8-26-24(17-28(35)33-27)23-6-2-3-7-25(23)32-26/h2-3,6-7,9,11,14-15,18,27,32H,4-5,8,10,12-13,16-17H2,1H3,(H,33,35)/t18?,27-/m0/s1. The number of rotatable bonds is 2. The lowest BCUT2D eigenvalue weighted by Gasteiger charge is -2.29. The first-order valence-electron chi connectivity index (χ1n) is 12.6. The summed E-state index contributed by atoms with van der Waals surface area (Å²) in [6, 6.07) is 7.20. The van der Waals surface area contributed by atoms with Crippen molar-refractivity contribution in [3.05, 3.63) is 82.0 Å². The van der Waals surface area contributed by atoms with Crippen molar-refractivity contribution >= 4 is 34.3 Å². The van der Waals surface area contributed by atoms with Gasteiger partial charge in [-0.25, -0.2) is 4.39 Å². The molecule has 2 N–H and O–H groups in total. The predicted molar refractivity (Wildman–Crippen MR) is 141 cm³/mol. The summed E-state index contributed by atoms with van der Waals surface area (Å²) < 4.78 is 14.6. The summed E-state index contributed by atoms with van der Waals surface area (Å²) in [5.41, 5.74) is 4.72. The lowest BCUT2D eigenvalue weighted by molar-refractivity contribution is -0.133. The molecule has 2 aromatic rings. The monoisotopic (exact) mass is 507 g/mol. The van der Waals surface area contributed by atoms with Crippen LogP contribution in [0.3, 0.4) is 0 Å². The van der Waals surface area contributed by atoms with Crippen molar-refractivity contribution in [2.24, 2.45) is 5.92 Å². The molecule has 1 aromatic heterocycles. The van der Waals surface area contributed by atoms with Crippen molar-refractivity contribution in [3.8, 4) is 0 Å². The van der Waals surface area contributed by atoms with Gasteiger partial charge in [0.2, 0.25) is 11.8 Å². The van der Waals surface area contributed by atoms with Crippen molar-refractivity contribution in [1.82, 2.24) is 15.2 Å². The van der Waals surface area contributed by atoms with Gasteiger partial charge in [0.15, 0.2) is 0 Å². The average Bonchev–Trinajstić information content (AvgIpc) is 3.19. The van der Waals surface area contributed by atoms with Crippen LogP contribution in [0.5, 0.6) is 0 Å². The van der Waals surface area contributed by atoms with Crippen LogP contribution in [-0.2, 0) is 22.4 Å². The second kappa shape index (κ2) is 10.5. The summed E-state index contributed by atoms with van der Waals surface area (Å²) in [5.74, 6) is -0.599. The number of para-hydroxylation sites is 1. The summed E-state index contributed by atoms with van der Waals surface area (Å²) >= 11 is 6.10. The van der Waals surface area contributed by atoms with Crippen molar-refractivity contribution in [1.29, 1.82) is 0 Å². The minimum atomic E-state index is -0.781. The Bertz CT molecular complexity index is 1320. The Balaban J connectivity index is 1.47. The number of aryl methyl sites for hydroxylation is 1. The number of carbonyl (C=O) groups is 2. The minimum Gasteiger partial charge on any atom is -0.358 e. The lowest BCUT2D eigenvalue weighted by Crippen LogP contribution is -2.48. The van der Waals surface area contributed by atoms with Crippen LogP contribution in [0, 0.1) is 5.92 Å². The van der Waals surface area contributed by atoms with E-state index in [9.17, 15) is 14.0 Å². The van der Waals surface area contributed by atoms with E-state index in [0.717, 1.165) is 57.7 Å². The van der Waals surface area contributed by atoms with Gasteiger partial charge in [0.05, 0.1) is 6.42 Å². The van der Waals surface area contributed by atoms with E-state index in [4.69, 9.17) is 11.6 Å². The number of aromatic amines is 1. The third-order valence-corrected chi connectivity index (χ3v) is 7.75. The van der Waals surface area contributed by atoms with Crippen LogP contribution in [0.2, 0.25) is 0 Å². The van der Waals surface area contributed by atoms with Gasteiger partial charge in [-0.15, -0.1) is 0 Å². The van der Waals surface area contributed by atoms with Gasteiger partial charge in [-0.05, 0) is 86.8 Å². The summed E-state index contributed by atoms with van der Waals surface area (Å²) in [6.45, 7) is 0. The zero-order valence-corrected chi connectivity index (χ0v) is 21.2. The molecule has 2 atom stereocenters. The van der Waals surface area contributed by atoms with Crippen LogP contribution in [0.1, 0.15) is 49.8 Å². The highest BCUT2D eigenvalue weighted by molar-refractivity contribution is 6.29. The maximum atomic E-state index is 14.6. The van der Waals surface area contributed by atoms with Crippen LogP contribution in [0.15, 0.2) is 70.7 Å². The van der Waals surface area contributed by atoms with Crippen LogP contribution in [-0.4, -0.2) is 34.8 Å². The Hall–Kier alpha value is -3.12. The third-order valence-electron chi connectivity index (χ3n) is 7.44. The molecule has 36 heavy (non-hydrogen) atoms. The first kappa shape index (κ1) is 24.6. The molecule has 1 unspecified atom stereocenters. The van der Waals surface area contributed by atoms with Crippen LogP contribution in [0.4, 0.5) is 4.39 Å². The van der Waals surface area contributed by atoms with Gasteiger partial charge in [-0.3, -0.25) is 9.59 Å². The molecular formula is C29H31ClFN3O2. The number of fused-ring (bicyclic) bond motifs is 5. The van der Waals surface area contributed by atoms with Crippen molar-refractivity contribution < 1.29 is 14.0 Å². The summed E-state index contributed by atoms with van der Waals surface area (Å²) in [6.07, 6.45) is 11.9.